The second-order valence-electron chi connectivity index (χ2n) is 3.67. The van der Waals surface area contributed by atoms with Crippen molar-refractivity contribution in [3.8, 4) is 0 Å². The maximum Gasteiger partial charge on any atom is 0.248 e. The minimum Gasteiger partial charge on any atom is -0.317 e. The number of nitrogens with zero attached hydrogens (tertiary/aromatic N) is 1. The Bertz CT molecular complexity index is 190. The molecule has 1 rings (SSSR count). The van der Waals surface area contributed by atoms with Gasteiger partial charge in [-0.1, -0.05) is 0 Å². The summed E-state index contributed by atoms with van der Waals surface area (Å²) in [6.07, 6.45) is 1.92. The van der Waals surface area contributed by atoms with Crippen LogP contribution in [-0.2, 0) is 0 Å². The second kappa shape index (κ2) is 3.38. The average molecular weight is 173 g/mol. The lowest BCUT2D eigenvalue weighted by atomic mass is 9.99. The van der Waals surface area contributed by atoms with Crippen LogP contribution in [-0.4, -0.2) is 12.5 Å². The summed E-state index contributed by atoms with van der Waals surface area (Å²) in [5, 5.41) is 0. The molecule has 0 aromatic heterocycles. The summed E-state index contributed by atoms with van der Waals surface area (Å²) in [5.41, 5.74) is 0. The molecule has 68 valence electrons. The minimum atomic E-state index is -2.54. The van der Waals surface area contributed by atoms with E-state index in [4.69, 9.17) is 6.57 Å². The Hall–Kier alpha value is -0.650. The Labute approximate surface area is 71.6 Å². The monoisotopic (exact) mass is 173 g/mol. The normalized spacial score (nSPS) is 30.2. The molecule has 0 saturated heterocycles. The lowest BCUT2D eigenvalue weighted by molar-refractivity contribution is -0.0379. The van der Waals surface area contributed by atoms with Crippen molar-refractivity contribution in [3.05, 3.63) is 11.4 Å². The molecule has 2 atom stereocenters. The Morgan fingerprint density at radius 3 is 2.58 bits per heavy atom. The van der Waals surface area contributed by atoms with Gasteiger partial charge in [-0.15, -0.1) is 0 Å². The van der Waals surface area contributed by atoms with Gasteiger partial charge < -0.3 is 4.85 Å². The summed E-state index contributed by atoms with van der Waals surface area (Å²) in [6.45, 7) is 8.03. The molecule has 12 heavy (non-hydrogen) atoms. The van der Waals surface area contributed by atoms with Crippen molar-refractivity contribution in [2.24, 2.45) is 11.8 Å². The van der Waals surface area contributed by atoms with E-state index >= 15 is 0 Å². The zero-order valence-electron chi connectivity index (χ0n) is 7.19. The van der Waals surface area contributed by atoms with Gasteiger partial charge in [-0.25, -0.2) is 15.4 Å². The van der Waals surface area contributed by atoms with Crippen LogP contribution < -0.4 is 0 Å². The van der Waals surface area contributed by atoms with E-state index in [0.717, 1.165) is 13.3 Å². The van der Waals surface area contributed by atoms with Crippen molar-refractivity contribution >= 4 is 0 Å². The average Bonchev–Trinajstić information content (AvgIpc) is 2.35. The largest absolute Gasteiger partial charge is 0.317 e. The Balaban J connectivity index is 2.42. The van der Waals surface area contributed by atoms with Crippen LogP contribution in [0.5, 0.6) is 0 Å². The van der Waals surface area contributed by atoms with E-state index in [1.54, 1.807) is 0 Å². The third-order valence-corrected chi connectivity index (χ3v) is 2.61. The number of hydrogen-bond acceptors (Lipinski definition) is 0. The first-order valence-corrected chi connectivity index (χ1v) is 4.25. The summed E-state index contributed by atoms with van der Waals surface area (Å²) >= 11 is 0. The number of halogens is 2. The first-order chi connectivity index (χ1) is 5.54. The maximum absolute atomic E-state index is 12.8. The summed E-state index contributed by atoms with van der Waals surface area (Å²) < 4.78 is 25.5. The summed E-state index contributed by atoms with van der Waals surface area (Å²) in [4.78, 5) is 3.24. The predicted octanol–water partition coefficient (Wildman–Crippen LogP) is 2.98. The molecule has 0 spiro atoms. The van der Waals surface area contributed by atoms with Crippen molar-refractivity contribution in [2.45, 2.75) is 32.1 Å². The molecule has 0 aliphatic heterocycles. The first kappa shape index (κ1) is 9.44. The SMILES string of the molecule is [C-]#[N+]CC1CCC(C(C)(F)F)C1. The molecule has 0 amide bonds. The van der Waals surface area contributed by atoms with E-state index in [1.165, 1.54) is 0 Å². The molecule has 0 aromatic rings. The van der Waals surface area contributed by atoms with E-state index in [1.807, 2.05) is 0 Å². The lowest BCUT2D eigenvalue weighted by Crippen LogP contribution is -2.21. The summed E-state index contributed by atoms with van der Waals surface area (Å²) in [5.74, 6) is -2.81. The Morgan fingerprint density at radius 1 is 1.50 bits per heavy atom. The minimum absolute atomic E-state index is 0.221. The zero-order chi connectivity index (χ0) is 9.19. The van der Waals surface area contributed by atoms with Crippen LogP contribution in [0.15, 0.2) is 0 Å². The third-order valence-electron chi connectivity index (χ3n) is 2.61. The molecule has 1 nitrogen and oxygen atoms in total. The van der Waals surface area contributed by atoms with E-state index in [0.29, 0.717) is 19.4 Å². The lowest BCUT2D eigenvalue weighted by Gasteiger charge is -2.17. The fourth-order valence-corrected chi connectivity index (χ4v) is 1.83. The van der Waals surface area contributed by atoms with Gasteiger partial charge in [-0.05, 0) is 26.2 Å². The van der Waals surface area contributed by atoms with Crippen LogP contribution in [0.2, 0.25) is 0 Å². The van der Waals surface area contributed by atoms with E-state index in [2.05, 4.69) is 4.85 Å². The van der Waals surface area contributed by atoms with Crippen LogP contribution in [0.3, 0.4) is 0 Å². The summed E-state index contributed by atoms with van der Waals surface area (Å²) in [7, 11) is 0. The van der Waals surface area contributed by atoms with E-state index in [-0.39, 0.29) is 5.92 Å². The van der Waals surface area contributed by atoms with E-state index in [9.17, 15) is 8.78 Å². The van der Waals surface area contributed by atoms with Gasteiger partial charge in [0.05, 0.1) is 0 Å². The number of rotatable bonds is 2. The molecule has 3 heteroatoms. The highest BCUT2D eigenvalue weighted by atomic mass is 19.3. The van der Waals surface area contributed by atoms with Gasteiger partial charge >= 0.3 is 0 Å². The molecule has 0 bridgehead atoms. The van der Waals surface area contributed by atoms with Crippen molar-refractivity contribution in [2.75, 3.05) is 6.54 Å². The zero-order valence-corrected chi connectivity index (χ0v) is 7.19. The predicted molar refractivity (Wildman–Crippen MR) is 42.9 cm³/mol. The van der Waals surface area contributed by atoms with Gasteiger partial charge in [0.25, 0.3) is 0 Å². The molecular weight excluding hydrogens is 160 g/mol. The molecular formula is C9H13F2N. The second-order valence-corrected chi connectivity index (χ2v) is 3.67. The fourth-order valence-electron chi connectivity index (χ4n) is 1.83. The van der Waals surface area contributed by atoms with Crippen molar-refractivity contribution in [1.82, 2.24) is 0 Å². The fraction of sp³-hybridized carbons (Fsp3) is 0.889. The topological polar surface area (TPSA) is 4.36 Å². The maximum atomic E-state index is 12.8. The van der Waals surface area contributed by atoms with Gasteiger partial charge in [0, 0.05) is 11.8 Å². The number of hydrogen-bond donors (Lipinski definition) is 0. The molecule has 2 unspecified atom stereocenters. The molecule has 0 N–H and O–H groups in total. The standard InChI is InChI=1S/C9H13F2N/c1-9(10,11)8-4-3-7(5-8)6-12-2/h7-8H,3-6H2,1H3. The first-order valence-electron chi connectivity index (χ1n) is 4.25. The molecule has 1 aliphatic carbocycles. The van der Waals surface area contributed by atoms with Gasteiger partial charge in [0.1, 0.15) is 0 Å². The van der Waals surface area contributed by atoms with Gasteiger partial charge in [0.15, 0.2) is 0 Å². The van der Waals surface area contributed by atoms with Crippen molar-refractivity contribution in [1.29, 1.82) is 0 Å². The highest BCUT2D eigenvalue weighted by molar-refractivity contribution is 4.85. The quantitative estimate of drug-likeness (QED) is 0.565. The molecule has 0 aromatic carbocycles. The highest BCUT2D eigenvalue weighted by Gasteiger charge is 2.40. The van der Waals surface area contributed by atoms with E-state index < -0.39 is 11.8 Å². The van der Waals surface area contributed by atoms with Crippen LogP contribution >= 0.6 is 0 Å². The van der Waals surface area contributed by atoms with Crippen LogP contribution in [0, 0.1) is 18.4 Å². The molecule has 1 fully saturated rings. The van der Waals surface area contributed by atoms with Crippen molar-refractivity contribution < 1.29 is 8.78 Å². The molecule has 1 saturated carbocycles. The molecule has 0 radical (unpaired) electrons. The molecule has 0 heterocycles. The van der Waals surface area contributed by atoms with Crippen LogP contribution in [0.4, 0.5) is 8.78 Å². The Morgan fingerprint density at radius 2 is 2.17 bits per heavy atom. The number of alkyl halides is 2. The van der Waals surface area contributed by atoms with Crippen LogP contribution in [0.25, 0.3) is 4.85 Å². The van der Waals surface area contributed by atoms with Crippen LogP contribution in [0.1, 0.15) is 26.2 Å². The Kier molecular flexibility index (Phi) is 2.66. The highest BCUT2D eigenvalue weighted by Crippen LogP contribution is 2.40. The van der Waals surface area contributed by atoms with Gasteiger partial charge in [-0.2, -0.15) is 0 Å². The molecule has 1 aliphatic rings. The smallest absolute Gasteiger partial charge is 0.248 e. The van der Waals surface area contributed by atoms with Crippen molar-refractivity contribution in [3.63, 3.8) is 0 Å². The van der Waals surface area contributed by atoms with Gasteiger partial charge in [-0.3, -0.25) is 0 Å². The summed E-state index contributed by atoms with van der Waals surface area (Å²) in [6, 6.07) is 0. The van der Waals surface area contributed by atoms with Gasteiger partial charge in [0.2, 0.25) is 12.5 Å². The third kappa shape index (κ3) is 2.17.